The van der Waals surface area contributed by atoms with Crippen LogP contribution in [0.3, 0.4) is 0 Å². The van der Waals surface area contributed by atoms with Crippen molar-refractivity contribution in [3.05, 3.63) is 89.0 Å². The molecule has 140 valence electrons. The van der Waals surface area contributed by atoms with Crippen molar-refractivity contribution in [3.8, 4) is 22.9 Å². The highest BCUT2D eigenvalue weighted by Crippen LogP contribution is 2.23. The SMILES string of the molecule is CCCc1ccc(-c2ccc(C(=O)Oc3cc(F)c(C#N)c(F)c3)cc2)cc1. The topological polar surface area (TPSA) is 50.1 Å². The van der Waals surface area contributed by atoms with Crippen LogP contribution in [0.15, 0.2) is 60.7 Å². The van der Waals surface area contributed by atoms with Gasteiger partial charge in [0, 0.05) is 12.1 Å². The Labute approximate surface area is 161 Å². The van der Waals surface area contributed by atoms with Gasteiger partial charge in [0.15, 0.2) is 0 Å². The number of esters is 1. The molecule has 28 heavy (non-hydrogen) atoms. The molecule has 3 rings (SSSR count). The first-order chi connectivity index (χ1) is 13.5. The van der Waals surface area contributed by atoms with Gasteiger partial charge < -0.3 is 4.74 Å². The minimum Gasteiger partial charge on any atom is -0.423 e. The lowest BCUT2D eigenvalue weighted by Crippen LogP contribution is -2.09. The van der Waals surface area contributed by atoms with Crippen LogP contribution in [0, 0.1) is 23.0 Å². The second-order valence-electron chi connectivity index (χ2n) is 6.29. The van der Waals surface area contributed by atoms with E-state index in [9.17, 15) is 13.6 Å². The molecule has 3 aromatic carbocycles. The first-order valence-electron chi connectivity index (χ1n) is 8.82. The number of aryl methyl sites for hydroxylation is 1. The lowest BCUT2D eigenvalue weighted by Gasteiger charge is -2.07. The summed E-state index contributed by atoms with van der Waals surface area (Å²) in [6, 6.07) is 18.0. The molecule has 0 aliphatic carbocycles. The van der Waals surface area contributed by atoms with E-state index in [0.717, 1.165) is 36.1 Å². The number of ether oxygens (including phenoxy) is 1. The molecule has 0 heterocycles. The average molecular weight is 377 g/mol. The van der Waals surface area contributed by atoms with Crippen molar-refractivity contribution in [2.75, 3.05) is 0 Å². The fourth-order valence-corrected chi connectivity index (χ4v) is 2.83. The monoisotopic (exact) mass is 377 g/mol. The Hall–Kier alpha value is -3.52. The van der Waals surface area contributed by atoms with Crippen molar-refractivity contribution in [2.24, 2.45) is 0 Å². The molecule has 0 aliphatic heterocycles. The molecule has 0 atom stereocenters. The van der Waals surface area contributed by atoms with Gasteiger partial charge in [0.05, 0.1) is 5.56 Å². The quantitative estimate of drug-likeness (QED) is 0.425. The zero-order valence-corrected chi connectivity index (χ0v) is 15.2. The minimum atomic E-state index is -1.08. The van der Waals surface area contributed by atoms with Gasteiger partial charge in [-0.1, -0.05) is 49.7 Å². The van der Waals surface area contributed by atoms with Crippen LogP contribution in [0.4, 0.5) is 8.78 Å². The number of carbonyl (C=O) groups excluding carboxylic acids is 1. The molecule has 0 N–H and O–H groups in total. The Morgan fingerprint density at radius 3 is 2.00 bits per heavy atom. The summed E-state index contributed by atoms with van der Waals surface area (Å²) in [6.45, 7) is 2.13. The molecule has 5 heteroatoms. The number of rotatable bonds is 5. The molecule has 0 aliphatic rings. The van der Waals surface area contributed by atoms with Gasteiger partial charge >= 0.3 is 5.97 Å². The maximum absolute atomic E-state index is 13.6. The number of halogens is 2. The summed E-state index contributed by atoms with van der Waals surface area (Å²) in [5.41, 5.74) is 2.77. The van der Waals surface area contributed by atoms with Crippen molar-refractivity contribution in [1.29, 1.82) is 5.26 Å². The van der Waals surface area contributed by atoms with Gasteiger partial charge in [0.2, 0.25) is 0 Å². The fraction of sp³-hybridized carbons (Fsp3) is 0.130. The Morgan fingerprint density at radius 2 is 1.50 bits per heavy atom. The van der Waals surface area contributed by atoms with Crippen LogP contribution in [0.5, 0.6) is 5.75 Å². The highest BCUT2D eigenvalue weighted by molar-refractivity contribution is 5.91. The van der Waals surface area contributed by atoms with E-state index in [2.05, 4.69) is 19.1 Å². The van der Waals surface area contributed by atoms with Crippen molar-refractivity contribution in [3.63, 3.8) is 0 Å². The van der Waals surface area contributed by atoms with Crippen molar-refractivity contribution < 1.29 is 18.3 Å². The van der Waals surface area contributed by atoms with Crippen molar-refractivity contribution in [1.82, 2.24) is 0 Å². The van der Waals surface area contributed by atoms with E-state index >= 15 is 0 Å². The number of nitriles is 1. The Morgan fingerprint density at radius 1 is 0.964 bits per heavy atom. The molecule has 0 saturated heterocycles. The molecular formula is C23H17F2NO2. The Kier molecular flexibility index (Phi) is 5.81. The Balaban J connectivity index is 1.74. The largest absolute Gasteiger partial charge is 0.423 e. The molecule has 0 radical (unpaired) electrons. The maximum atomic E-state index is 13.6. The summed E-state index contributed by atoms with van der Waals surface area (Å²) < 4.78 is 32.3. The third-order valence-electron chi connectivity index (χ3n) is 4.28. The van der Waals surface area contributed by atoms with Crippen LogP contribution in [-0.4, -0.2) is 5.97 Å². The number of hydrogen-bond acceptors (Lipinski definition) is 3. The van der Waals surface area contributed by atoms with E-state index in [4.69, 9.17) is 10.00 Å². The number of benzene rings is 3. The zero-order chi connectivity index (χ0) is 20.1. The smallest absolute Gasteiger partial charge is 0.343 e. The molecule has 3 nitrogen and oxygen atoms in total. The maximum Gasteiger partial charge on any atom is 0.343 e. The van der Waals surface area contributed by atoms with E-state index in [1.54, 1.807) is 24.3 Å². The van der Waals surface area contributed by atoms with Gasteiger partial charge in [-0.3, -0.25) is 0 Å². The van der Waals surface area contributed by atoms with Gasteiger partial charge in [-0.2, -0.15) is 5.26 Å². The predicted octanol–water partition coefficient (Wildman–Crippen LogP) is 5.68. The highest BCUT2D eigenvalue weighted by atomic mass is 19.1. The van der Waals surface area contributed by atoms with Gasteiger partial charge in [-0.25, -0.2) is 13.6 Å². The van der Waals surface area contributed by atoms with Crippen LogP contribution in [0.2, 0.25) is 0 Å². The van der Waals surface area contributed by atoms with Crippen molar-refractivity contribution >= 4 is 5.97 Å². The average Bonchev–Trinajstić information content (AvgIpc) is 2.69. The summed E-state index contributed by atoms with van der Waals surface area (Å²) in [7, 11) is 0. The molecule has 0 fully saturated rings. The molecule has 0 spiro atoms. The fourth-order valence-electron chi connectivity index (χ4n) is 2.83. The molecule has 0 amide bonds. The van der Waals surface area contributed by atoms with Crippen molar-refractivity contribution in [2.45, 2.75) is 19.8 Å². The third kappa shape index (κ3) is 4.24. The molecule has 0 saturated carbocycles. The molecule has 0 aromatic heterocycles. The van der Waals surface area contributed by atoms with Gasteiger partial charge in [0.25, 0.3) is 0 Å². The summed E-state index contributed by atoms with van der Waals surface area (Å²) in [4.78, 5) is 12.2. The van der Waals surface area contributed by atoms with Crippen LogP contribution >= 0.6 is 0 Å². The van der Waals surface area contributed by atoms with E-state index in [0.29, 0.717) is 0 Å². The molecule has 3 aromatic rings. The van der Waals surface area contributed by atoms with Crippen LogP contribution in [-0.2, 0) is 6.42 Å². The van der Waals surface area contributed by atoms with E-state index in [1.807, 2.05) is 12.1 Å². The molecular weight excluding hydrogens is 360 g/mol. The summed E-state index contributed by atoms with van der Waals surface area (Å²) in [5.74, 6) is -3.19. The van der Waals surface area contributed by atoms with E-state index in [-0.39, 0.29) is 11.3 Å². The molecule has 0 bridgehead atoms. The standard InChI is InChI=1S/C23H17F2NO2/c1-2-3-15-4-6-16(7-5-15)17-8-10-18(11-9-17)23(27)28-19-12-21(24)20(14-26)22(25)13-19/h4-13H,2-3H2,1H3. The van der Waals surface area contributed by atoms with E-state index in [1.165, 1.54) is 11.6 Å². The normalized spacial score (nSPS) is 10.4. The lowest BCUT2D eigenvalue weighted by atomic mass is 10.0. The van der Waals surface area contributed by atoms with Crippen LogP contribution in [0.1, 0.15) is 34.8 Å². The van der Waals surface area contributed by atoms with Crippen LogP contribution < -0.4 is 4.74 Å². The number of hydrogen-bond donors (Lipinski definition) is 0. The second kappa shape index (κ2) is 8.45. The third-order valence-corrected chi connectivity index (χ3v) is 4.28. The van der Waals surface area contributed by atoms with E-state index < -0.39 is 23.2 Å². The second-order valence-corrected chi connectivity index (χ2v) is 6.29. The summed E-state index contributed by atoms with van der Waals surface area (Å²) >= 11 is 0. The summed E-state index contributed by atoms with van der Waals surface area (Å²) in [5, 5.41) is 8.67. The lowest BCUT2D eigenvalue weighted by molar-refractivity contribution is 0.0734. The minimum absolute atomic E-state index is 0.247. The predicted molar refractivity (Wildman–Crippen MR) is 102 cm³/mol. The summed E-state index contributed by atoms with van der Waals surface area (Å²) in [6.07, 6.45) is 2.12. The zero-order valence-electron chi connectivity index (χ0n) is 15.2. The number of nitrogens with zero attached hydrogens (tertiary/aromatic N) is 1. The first kappa shape index (κ1) is 19.2. The van der Waals surface area contributed by atoms with Crippen LogP contribution in [0.25, 0.3) is 11.1 Å². The first-order valence-corrected chi connectivity index (χ1v) is 8.82. The Bertz CT molecular complexity index is 1010. The molecule has 0 unspecified atom stereocenters. The van der Waals surface area contributed by atoms with Gasteiger partial charge in [0.1, 0.15) is 29.0 Å². The van der Waals surface area contributed by atoms with Gasteiger partial charge in [-0.05, 0) is 35.2 Å². The number of carbonyl (C=O) groups is 1. The highest BCUT2D eigenvalue weighted by Gasteiger charge is 2.15. The van der Waals surface area contributed by atoms with Gasteiger partial charge in [-0.15, -0.1) is 0 Å².